The molecule has 2 aliphatic heterocycles. The van der Waals surface area contributed by atoms with E-state index in [4.69, 9.17) is 0 Å². The first-order valence-corrected chi connectivity index (χ1v) is 8.78. The summed E-state index contributed by atoms with van der Waals surface area (Å²) in [5, 5.41) is 3.56. The van der Waals surface area contributed by atoms with Gasteiger partial charge in [-0.2, -0.15) is 0 Å². The van der Waals surface area contributed by atoms with Gasteiger partial charge in [0.25, 0.3) is 0 Å². The molecule has 0 spiro atoms. The van der Waals surface area contributed by atoms with Gasteiger partial charge in [0.15, 0.2) is 9.84 Å². The summed E-state index contributed by atoms with van der Waals surface area (Å²) in [7, 11) is -2.80. The second kappa shape index (κ2) is 5.10. The Hall–Kier alpha value is -0.130. The lowest BCUT2D eigenvalue weighted by molar-refractivity contribution is 0.0999. The van der Waals surface area contributed by atoms with Gasteiger partial charge in [-0.25, -0.2) is 8.42 Å². The van der Waals surface area contributed by atoms with Crippen molar-refractivity contribution >= 4 is 9.84 Å². The molecule has 2 unspecified atom stereocenters. The Morgan fingerprint density at radius 3 is 2.61 bits per heavy atom. The molecule has 0 aromatic rings. The minimum absolute atomic E-state index is 0.228. The van der Waals surface area contributed by atoms with E-state index in [0.29, 0.717) is 17.5 Å². The summed E-state index contributed by atoms with van der Waals surface area (Å²) < 4.78 is 23.5. The summed E-state index contributed by atoms with van der Waals surface area (Å²) in [6.07, 6.45) is 1.87. The van der Waals surface area contributed by atoms with Gasteiger partial charge in [-0.1, -0.05) is 20.8 Å². The van der Waals surface area contributed by atoms with Crippen LogP contribution in [0.1, 0.15) is 33.6 Å². The zero-order chi connectivity index (χ0) is 13.4. The molecule has 0 saturated carbocycles. The highest BCUT2D eigenvalue weighted by molar-refractivity contribution is 7.91. The van der Waals surface area contributed by atoms with Crippen molar-refractivity contribution < 1.29 is 8.42 Å². The van der Waals surface area contributed by atoms with E-state index in [1.807, 2.05) is 0 Å². The Kier molecular flexibility index (Phi) is 4.04. The van der Waals surface area contributed by atoms with Crippen LogP contribution in [0.25, 0.3) is 0 Å². The molecule has 4 nitrogen and oxygen atoms in total. The molecular weight excluding hydrogens is 248 g/mol. The van der Waals surface area contributed by atoms with Crippen molar-refractivity contribution in [3.8, 4) is 0 Å². The smallest absolute Gasteiger partial charge is 0.151 e. The van der Waals surface area contributed by atoms with Gasteiger partial charge in [-0.05, 0) is 18.3 Å². The van der Waals surface area contributed by atoms with Crippen molar-refractivity contribution in [1.29, 1.82) is 0 Å². The molecule has 2 saturated heterocycles. The molecule has 2 atom stereocenters. The number of hydrogen-bond donors (Lipinski definition) is 1. The SMILES string of the molecule is CC(C)(C)C1CN(C2CCCS(=O)(=O)C2)CCN1. The minimum Gasteiger partial charge on any atom is -0.311 e. The maximum absolute atomic E-state index is 11.7. The monoisotopic (exact) mass is 274 g/mol. The van der Waals surface area contributed by atoms with Crippen LogP contribution in [0.15, 0.2) is 0 Å². The largest absolute Gasteiger partial charge is 0.311 e. The van der Waals surface area contributed by atoms with E-state index in [-0.39, 0.29) is 11.5 Å². The summed E-state index contributed by atoms with van der Waals surface area (Å²) >= 11 is 0. The molecular formula is C13H26N2O2S. The predicted molar refractivity (Wildman–Crippen MR) is 74.5 cm³/mol. The van der Waals surface area contributed by atoms with Crippen LogP contribution in [0.5, 0.6) is 0 Å². The number of hydrogen-bond acceptors (Lipinski definition) is 4. The van der Waals surface area contributed by atoms with Gasteiger partial charge >= 0.3 is 0 Å². The van der Waals surface area contributed by atoms with Crippen LogP contribution in [-0.2, 0) is 9.84 Å². The topological polar surface area (TPSA) is 49.4 Å². The molecule has 0 bridgehead atoms. The zero-order valence-corrected chi connectivity index (χ0v) is 12.6. The van der Waals surface area contributed by atoms with E-state index in [0.717, 1.165) is 32.5 Å². The first-order valence-electron chi connectivity index (χ1n) is 6.96. The van der Waals surface area contributed by atoms with Crippen LogP contribution in [-0.4, -0.2) is 56.5 Å². The highest BCUT2D eigenvalue weighted by Crippen LogP contribution is 2.25. The Balaban J connectivity index is 2.01. The molecule has 1 N–H and O–H groups in total. The van der Waals surface area contributed by atoms with Crippen LogP contribution in [0.2, 0.25) is 0 Å². The molecule has 0 aliphatic carbocycles. The maximum atomic E-state index is 11.7. The van der Waals surface area contributed by atoms with E-state index in [9.17, 15) is 8.42 Å². The second-order valence-corrected chi connectivity index (χ2v) is 9.01. The van der Waals surface area contributed by atoms with Gasteiger partial charge in [0.2, 0.25) is 0 Å². The molecule has 5 heteroatoms. The number of nitrogens with zero attached hydrogens (tertiary/aromatic N) is 1. The van der Waals surface area contributed by atoms with E-state index < -0.39 is 9.84 Å². The maximum Gasteiger partial charge on any atom is 0.151 e. The van der Waals surface area contributed by atoms with Gasteiger partial charge < -0.3 is 5.32 Å². The average Bonchev–Trinajstić information content (AvgIpc) is 2.27. The summed E-state index contributed by atoms with van der Waals surface area (Å²) in [6.45, 7) is 9.65. The highest BCUT2D eigenvalue weighted by atomic mass is 32.2. The van der Waals surface area contributed by atoms with Crippen LogP contribution < -0.4 is 5.32 Å². The third-order valence-corrected chi connectivity index (χ3v) is 6.01. The lowest BCUT2D eigenvalue weighted by Gasteiger charge is -2.44. The van der Waals surface area contributed by atoms with E-state index in [2.05, 4.69) is 31.0 Å². The van der Waals surface area contributed by atoms with Crippen LogP contribution in [0, 0.1) is 5.41 Å². The Morgan fingerprint density at radius 1 is 1.28 bits per heavy atom. The van der Waals surface area contributed by atoms with Crippen molar-refractivity contribution in [1.82, 2.24) is 10.2 Å². The lowest BCUT2D eigenvalue weighted by atomic mass is 9.85. The van der Waals surface area contributed by atoms with Gasteiger partial charge in [0, 0.05) is 31.7 Å². The fourth-order valence-electron chi connectivity index (χ4n) is 2.97. The normalized spacial score (nSPS) is 34.4. The fraction of sp³-hybridized carbons (Fsp3) is 1.00. The summed E-state index contributed by atoms with van der Waals surface area (Å²) in [6, 6.07) is 0.701. The molecule has 106 valence electrons. The standard InChI is InChI=1S/C13H26N2O2S/c1-13(2,3)12-9-15(7-6-14-12)11-5-4-8-18(16,17)10-11/h11-12,14H,4-10H2,1-3H3. The summed E-state index contributed by atoms with van der Waals surface area (Å²) in [5.41, 5.74) is 0.228. The van der Waals surface area contributed by atoms with Gasteiger partial charge in [0.05, 0.1) is 11.5 Å². The summed E-state index contributed by atoms with van der Waals surface area (Å²) in [4.78, 5) is 2.39. The van der Waals surface area contributed by atoms with Crippen molar-refractivity contribution in [2.24, 2.45) is 5.41 Å². The van der Waals surface area contributed by atoms with E-state index in [1.54, 1.807) is 0 Å². The Morgan fingerprint density at radius 2 is 2.00 bits per heavy atom. The molecule has 0 aromatic heterocycles. The quantitative estimate of drug-likeness (QED) is 0.771. The zero-order valence-electron chi connectivity index (χ0n) is 11.8. The molecule has 0 radical (unpaired) electrons. The van der Waals surface area contributed by atoms with E-state index in [1.165, 1.54) is 0 Å². The van der Waals surface area contributed by atoms with Crippen LogP contribution in [0.4, 0.5) is 0 Å². The Labute approximate surface area is 111 Å². The van der Waals surface area contributed by atoms with Crippen LogP contribution >= 0.6 is 0 Å². The first-order chi connectivity index (χ1) is 8.28. The van der Waals surface area contributed by atoms with Crippen molar-refractivity contribution in [3.63, 3.8) is 0 Å². The molecule has 18 heavy (non-hydrogen) atoms. The summed E-state index contributed by atoms with van der Waals surface area (Å²) in [5.74, 6) is 0.752. The first kappa shape index (κ1) is 14.3. The second-order valence-electron chi connectivity index (χ2n) is 6.78. The fourth-order valence-corrected chi connectivity index (χ4v) is 4.71. The number of piperazine rings is 1. The molecule has 2 heterocycles. The van der Waals surface area contributed by atoms with Crippen LogP contribution in [0.3, 0.4) is 0 Å². The van der Waals surface area contributed by atoms with E-state index >= 15 is 0 Å². The van der Waals surface area contributed by atoms with Crippen molar-refractivity contribution in [2.45, 2.75) is 45.7 Å². The predicted octanol–water partition coefficient (Wildman–Crippen LogP) is 0.884. The minimum atomic E-state index is -2.80. The lowest BCUT2D eigenvalue weighted by Crippen LogP contribution is -2.59. The molecule has 2 rings (SSSR count). The molecule has 0 amide bonds. The number of rotatable bonds is 1. The van der Waals surface area contributed by atoms with Gasteiger partial charge in [0.1, 0.15) is 0 Å². The number of nitrogens with one attached hydrogen (secondary N) is 1. The third kappa shape index (κ3) is 3.45. The Bertz CT molecular complexity index is 386. The van der Waals surface area contributed by atoms with Crippen molar-refractivity contribution in [2.75, 3.05) is 31.1 Å². The van der Waals surface area contributed by atoms with Gasteiger partial charge in [-0.3, -0.25) is 4.90 Å². The highest BCUT2D eigenvalue weighted by Gasteiger charge is 2.35. The van der Waals surface area contributed by atoms with Gasteiger partial charge in [-0.15, -0.1) is 0 Å². The van der Waals surface area contributed by atoms with Crippen molar-refractivity contribution in [3.05, 3.63) is 0 Å². The molecule has 2 fully saturated rings. The average molecular weight is 274 g/mol. The molecule has 2 aliphatic rings. The number of sulfone groups is 1. The molecule has 0 aromatic carbocycles. The third-order valence-electron chi connectivity index (χ3n) is 4.21.